The maximum Gasteiger partial charge on any atom is 0.430 e. The molecule has 2 aromatic carbocycles. The van der Waals surface area contributed by atoms with E-state index in [2.05, 4.69) is 4.90 Å². The average molecular weight is 608 g/mol. The molecule has 2 aliphatic carbocycles. The number of halogens is 4. The minimum atomic E-state index is -5.20. The molecule has 1 N–H and O–H groups in total. The third kappa shape index (κ3) is 5.93. The zero-order chi connectivity index (χ0) is 30.4. The van der Waals surface area contributed by atoms with E-state index in [0.29, 0.717) is 22.9 Å². The van der Waals surface area contributed by atoms with Crippen LogP contribution in [-0.4, -0.2) is 79.8 Å². The quantitative estimate of drug-likeness (QED) is 0.408. The Kier molecular flexibility index (Phi) is 8.17. The van der Waals surface area contributed by atoms with Gasteiger partial charge >= 0.3 is 6.18 Å². The standard InChI is InChI=1S/C31H37ClF3N3O4/c1-36(2)27(39)25-10-7-22(18-26(25)32)38-15-12-29(13-16-38)19-21(29)11-14-37(3)28(40)30(41,31(33,34)35)20-5-4-6-24(17-20)42-23-8-9-23/h4-7,10,17-18,21,23,41H,8-9,11-16,19H2,1-3H3/t21-,30-/m1/s1. The highest BCUT2D eigenvalue weighted by Crippen LogP contribution is 2.61. The molecule has 0 aromatic heterocycles. The molecule has 3 aliphatic rings. The van der Waals surface area contributed by atoms with Crippen molar-refractivity contribution in [2.45, 2.75) is 56.4 Å². The van der Waals surface area contributed by atoms with Crippen molar-refractivity contribution in [2.75, 3.05) is 45.7 Å². The zero-order valence-corrected chi connectivity index (χ0v) is 24.8. The number of hydrogen-bond acceptors (Lipinski definition) is 5. The van der Waals surface area contributed by atoms with Gasteiger partial charge in [0.1, 0.15) is 5.75 Å². The first-order valence-corrected chi connectivity index (χ1v) is 14.7. The Hall–Kier alpha value is -2.98. The second-order valence-corrected chi connectivity index (χ2v) is 12.6. The Balaban J connectivity index is 1.17. The molecule has 1 heterocycles. The largest absolute Gasteiger partial charge is 0.490 e. The number of alkyl halides is 3. The maximum absolute atomic E-state index is 14.2. The fourth-order valence-electron chi connectivity index (χ4n) is 6.09. The normalized spacial score (nSPS) is 21.0. The lowest BCUT2D eigenvalue weighted by Gasteiger charge is -2.35. The molecular weight excluding hydrogens is 571 g/mol. The monoisotopic (exact) mass is 607 g/mol. The zero-order valence-electron chi connectivity index (χ0n) is 24.1. The highest BCUT2D eigenvalue weighted by Gasteiger charge is 2.62. The number of likely N-dealkylation sites (N-methyl/N-ethyl adjacent to an activating group) is 1. The highest BCUT2D eigenvalue weighted by molar-refractivity contribution is 6.34. The number of benzene rings is 2. The number of carbonyl (C=O) groups is 2. The van der Waals surface area contributed by atoms with Gasteiger partial charge in [-0.25, -0.2) is 0 Å². The van der Waals surface area contributed by atoms with E-state index >= 15 is 0 Å². The lowest BCUT2D eigenvalue weighted by atomic mass is 9.89. The molecule has 1 saturated heterocycles. The van der Waals surface area contributed by atoms with Crippen molar-refractivity contribution in [3.05, 3.63) is 58.6 Å². The van der Waals surface area contributed by atoms with E-state index in [1.54, 1.807) is 20.2 Å². The van der Waals surface area contributed by atoms with Gasteiger partial charge in [-0.1, -0.05) is 23.7 Å². The van der Waals surface area contributed by atoms with Crippen LogP contribution in [0, 0.1) is 11.3 Å². The Bertz CT molecular complexity index is 1340. The summed E-state index contributed by atoms with van der Waals surface area (Å²) >= 11 is 6.40. The van der Waals surface area contributed by atoms with Gasteiger partial charge in [-0.05, 0) is 80.2 Å². The summed E-state index contributed by atoms with van der Waals surface area (Å²) in [4.78, 5) is 30.2. The van der Waals surface area contributed by atoms with Gasteiger partial charge in [0.15, 0.2) is 0 Å². The Morgan fingerprint density at radius 2 is 1.79 bits per heavy atom. The number of piperidine rings is 1. The van der Waals surface area contributed by atoms with Crippen LogP contribution < -0.4 is 9.64 Å². The van der Waals surface area contributed by atoms with E-state index < -0.39 is 23.2 Å². The molecule has 0 unspecified atom stereocenters. The van der Waals surface area contributed by atoms with Crippen molar-refractivity contribution in [3.63, 3.8) is 0 Å². The maximum atomic E-state index is 14.2. The van der Waals surface area contributed by atoms with Crippen molar-refractivity contribution >= 4 is 29.1 Å². The van der Waals surface area contributed by atoms with Crippen LogP contribution in [0.5, 0.6) is 5.75 Å². The van der Waals surface area contributed by atoms with E-state index in [4.69, 9.17) is 16.3 Å². The Morgan fingerprint density at radius 3 is 2.38 bits per heavy atom. The first-order chi connectivity index (χ1) is 19.7. The molecule has 2 aromatic rings. The van der Waals surface area contributed by atoms with Gasteiger partial charge in [-0.15, -0.1) is 0 Å². The predicted molar refractivity (Wildman–Crippen MR) is 154 cm³/mol. The molecule has 3 fully saturated rings. The second-order valence-electron chi connectivity index (χ2n) is 12.2. The van der Waals surface area contributed by atoms with Crippen LogP contribution in [0.25, 0.3) is 0 Å². The molecule has 0 radical (unpaired) electrons. The highest BCUT2D eigenvalue weighted by atomic mass is 35.5. The summed E-state index contributed by atoms with van der Waals surface area (Å²) in [6.07, 6.45) is -0.207. The van der Waals surface area contributed by atoms with Gasteiger partial charge < -0.3 is 24.5 Å². The number of ether oxygens (including phenoxy) is 1. The van der Waals surface area contributed by atoms with Gasteiger partial charge in [-0.3, -0.25) is 9.59 Å². The number of aliphatic hydroxyl groups is 1. The molecule has 2 atom stereocenters. The molecule has 11 heteroatoms. The Morgan fingerprint density at radius 1 is 1.10 bits per heavy atom. The molecule has 5 rings (SSSR count). The van der Waals surface area contributed by atoms with Gasteiger partial charge in [0, 0.05) is 52.0 Å². The fraction of sp³-hybridized carbons (Fsp3) is 0.548. The SMILES string of the molecule is CN(C)C(=O)c1ccc(N2CCC3(CC2)C[C@H]3CCN(C)C(=O)[C@](O)(c2cccc(OC3CC3)c2)C(F)(F)F)cc1Cl. The summed E-state index contributed by atoms with van der Waals surface area (Å²) in [5, 5.41) is 11.3. The first kappa shape index (κ1) is 30.5. The lowest BCUT2D eigenvalue weighted by Crippen LogP contribution is -2.55. The first-order valence-electron chi connectivity index (χ1n) is 14.3. The summed E-state index contributed by atoms with van der Waals surface area (Å²) in [6, 6.07) is 10.6. The van der Waals surface area contributed by atoms with Crippen molar-refractivity contribution in [1.29, 1.82) is 0 Å². The number of anilines is 1. The summed E-state index contributed by atoms with van der Waals surface area (Å²) < 4.78 is 48.3. The van der Waals surface area contributed by atoms with Crippen molar-refractivity contribution in [1.82, 2.24) is 9.80 Å². The minimum absolute atomic E-state index is 0.0348. The summed E-state index contributed by atoms with van der Waals surface area (Å²) in [5.74, 6) is -1.04. The smallest absolute Gasteiger partial charge is 0.430 e. The van der Waals surface area contributed by atoms with Crippen molar-refractivity contribution in [2.24, 2.45) is 11.3 Å². The van der Waals surface area contributed by atoms with Crippen molar-refractivity contribution < 1.29 is 32.6 Å². The third-order valence-electron chi connectivity index (χ3n) is 9.03. The predicted octanol–water partition coefficient (Wildman–Crippen LogP) is 5.49. The number of hydrogen-bond donors (Lipinski definition) is 1. The van der Waals surface area contributed by atoms with Crippen LogP contribution in [0.3, 0.4) is 0 Å². The number of carbonyl (C=O) groups excluding carboxylic acids is 2. The van der Waals surface area contributed by atoms with Crippen LogP contribution in [0.1, 0.15) is 54.4 Å². The third-order valence-corrected chi connectivity index (χ3v) is 9.34. The van der Waals surface area contributed by atoms with E-state index in [1.807, 2.05) is 12.1 Å². The molecule has 1 aliphatic heterocycles. The average Bonchev–Trinajstić information content (AvgIpc) is 3.88. The number of rotatable bonds is 9. The second kappa shape index (κ2) is 11.3. The van der Waals surface area contributed by atoms with Crippen LogP contribution in [-0.2, 0) is 10.4 Å². The summed E-state index contributed by atoms with van der Waals surface area (Å²) in [7, 11) is 4.67. The van der Waals surface area contributed by atoms with E-state index in [-0.39, 0.29) is 29.7 Å². The Labute approximate surface area is 249 Å². The fourth-order valence-corrected chi connectivity index (χ4v) is 6.34. The van der Waals surface area contributed by atoms with Gasteiger partial charge in [0.25, 0.3) is 17.4 Å². The molecule has 0 bridgehead atoms. The minimum Gasteiger partial charge on any atom is -0.490 e. The van der Waals surface area contributed by atoms with Gasteiger partial charge in [0.2, 0.25) is 0 Å². The van der Waals surface area contributed by atoms with Gasteiger partial charge in [0.05, 0.1) is 16.7 Å². The molecule has 228 valence electrons. The number of nitrogens with zero attached hydrogens (tertiary/aromatic N) is 3. The van der Waals surface area contributed by atoms with E-state index in [9.17, 15) is 27.9 Å². The topological polar surface area (TPSA) is 73.3 Å². The van der Waals surface area contributed by atoms with Crippen LogP contribution in [0.2, 0.25) is 5.02 Å². The number of amides is 2. The lowest BCUT2D eigenvalue weighted by molar-refractivity contribution is -0.261. The van der Waals surface area contributed by atoms with Gasteiger partial charge in [-0.2, -0.15) is 13.2 Å². The van der Waals surface area contributed by atoms with Crippen LogP contribution >= 0.6 is 11.6 Å². The van der Waals surface area contributed by atoms with E-state index in [1.165, 1.54) is 24.1 Å². The van der Waals surface area contributed by atoms with E-state index in [0.717, 1.165) is 67.9 Å². The summed E-state index contributed by atoms with van der Waals surface area (Å²) in [6.45, 7) is 1.72. The van der Waals surface area contributed by atoms with Crippen molar-refractivity contribution in [3.8, 4) is 5.75 Å². The molecule has 2 amide bonds. The molecule has 1 spiro atoms. The molecular formula is C31H37ClF3N3O4. The van der Waals surface area contributed by atoms with Crippen LogP contribution in [0.15, 0.2) is 42.5 Å². The molecule has 2 saturated carbocycles. The summed E-state index contributed by atoms with van der Waals surface area (Å²) in [5.41, 5.74) is -2.69. The molecule has 7 nitrogen and oxygen atoms in total. The molecule has 42 heavy (non-hydrogen) atoms. The van der Waals surface area contributed by atoms with Crippen LogP contribution in [0.4, 0.5) is 18.9 Å².